The van der Waals surface area contributed by atoms with Gasteiger partial charge in [0.25, 0.3) is 0 Å². The Labute approximate surface area is 89.5 Å². The van der Waals surface area contributed by atoms with E-state index in [0.717, 1.165) is 13.0 Å². The number of halogens is 1. The van der Waals surface area contributed by atoms with Crippen LogP contribution in [0.3, 0.4) is 0 Å². The molecule has 0 amide bonds. The Balaban J connectivity index is 2.08. The van der Waals surface area contributed by atoms with Crippen LogP contribution >= 0.6 is 0 Å². The molecule has 2 rings (SSSR count). The molecule has 0 aliphatic rings. The van der Waals surface area contributed by atoms with Gasteiger partial charge in [-0.25, -0.2) is 4.39 Å². The lowest BCUT2D eigenvalue weighted by Gasteiger charge is -2.05. The summed E-state index contributed by atoms with van der Waals surface area (Å²) in [4.78, 5) is 0. The minimum atomic E-state index is -0.688. The van der Waals surface area contributed by atoms with Crippen molar-refractivity contribution in [1.29, 1.82) is 0 Å². The van der Waals surface area contributed by atoms with Gasteiger partial charge >= 0.3 is 0 Å². The van der Waals surface area contributed by atoms with E-state index in [2.05, 4.69) is 29.0 Å². The molecule has 0 saturated heterocycles. The van der Waals surface area contributed by atoms with Gasteiger partial charge in [0.1, 0.15) is 0 Å². The number of rotatable bonds is 4. The Morgan fingerprint density at radius 3 is 2.87 bits per heavy atom. The lowest BCUT2D eigenvalue weighted by atomic mass is 10.2. The third-order valence-corrected chi connectivity index (χ3v) is 2.68. The first-order valence-electron chi connectivity index (χ1n) is 5.45. The van der Waals surface area contributed by atoms with Crippen LogP contribution in [0.2, 0.25) is 0 Å². The molecule has 0 saturated carbocycles. The van der Waals surface area contributed by atoms with E-state index in [1.54, 1.807) is 6.92 Å². The highest BCUT2D eigenvalue weighted by Gasteiger charge is 2.01. The lowest BCUT2D eigenvalue weighted by molar-refractivity contribution is 0.328. The van der Waals surface area contributed by atoms with Crippen LogP contribution in [-0.4, -0.2) is 10.7 Å². The summed E-state index contributed by atoms with van der Waals surface area (Å²) < 4.78 is 14.8. The first kappa shape index (κ1) is 10.2. The highest BCUT2D eigenvalue weighted by molar-refractivity contribution is 5.79. The number of hydrogen-bond acceptors (Lipinski definition) is 0. The molecular weight excluding hydrogens is 189 g/mol. The standard InChI is InChI=1S/C13H16FN/c1-11(14)5-4-9-15-10-8-12-6-2-3-7-13(12)15/h2-3,6-8,10-11H,4-5,9H2,1H3/t11-/m0/s1. The van der Waals surface area contributed by atoms with E-state index in [1.165, 1.54) is 10.9 Å². The Kier molecular flexibility index (Phi) is 3.05. The van der Waals surface area contributed by atoms with Gasteiger partial charge in [0.2, 0.25) is 0 Å². The molecule has 1 aromatic heterocycles. The molecule has 0 unspecified atom stereocenters. The Hall–Kier alpha value is -1.31. The average Bonchev–Trinajstić information content (AvgIpc) is 2.62. The Morgan fingerprint density at radius 2 is 2.07 bits per heavy atom. The van der Waals surface area contributed by atoms with Gasteiger partial charge in [-0.2, -0.15) is 0 Å². The molecule has 0 aliphatic heterocycles. The van der Waals surface area contributed by atoms with Gasteiger partial charge in [-0.15, -0.1) is 0 Å². The van der Waals surface area contributed by atoms with Gasteiger partial charge in [-0.05, 0) is 37.3 Å². The molecule has 1 aromatic carbocycles. The molecule has 0 N–H and O–H groups in total. The molecule has 0 fully saturated rings. The van der Waals surface area contributed by atoms with E-state index < -0.39 is 6.17 Å². The van der Waals surface area contributed by atoms with Crippen LogP contribution in [0.4, 0.5) is 4.39 Å². The molecular formula is C13H16FN. The zero-order valence-corrected chi connectivity index (χ0v) is 8.99. The maximum atomic E-state index is 12.6. The predicted molar refractivity (Wildman–Crippen MR) is 61.7 cm³/mol. The van der Waals surface area contributed by atoms with Crippen molar-refractivity contribution in [3.63, 3.8) is 0 Å². The first-order chi connectivity index (χ1) is 7.27. The fraction of sp³-hybridized carbons (Fsp3) is 0.385. The van der Waals surface area contributed by atoms with Crippen LogP contribution in [-0.2, 0) is 6.54 Å². The number of para-hydroxylation sites is 1. The van der Waals surface area contributed by atoms with Gasteiger partial charge in [0.05, 0.1) is 6.17 Å². The van der Waals surface area contributed by atoms with E-state index in [4.69, 9.17) is 0 Å². The van der Waals surface area contributed by atoms with Crippen LogP contribution in [0.1, 0.15) is 19.8 Å². The summed E-state index contributed by atoms with van der Waals surface area (Å²) in [6.07, 6.45) is 2.93. The fourth-order valence-electron chi connectivity index (χ4n) is 1.88. The van der Waals surface area contributed by atoms with Gasteiger partial charge in [0.15, 0.2) is 0 Å². The van der Waals surface area contributed by atoms with Crippen LogP contribution < -0.4 is 0 Å². The molecule has 1 heterocycles. The van der Waals surface area contributed by atoms with Gasteiger partial charge < -0.3 is 4.57 Å². The second-order valence-corrected chi connectivity index (χ2v) is 3.99. The van der Waals surface area contributed by atoms with E-state index >= 15 is 0 Å². The topological polar surface area (TPSA) is 4.93 Å². The maximum absolute atomic E-state index is 12.6. The minimum absolute atomic E-state index is 0.645. The monoisotopic (exact) mass is 205 g/mol. The summed E-state index contributed by atoms with van der Waals surface area (Å²) in [6.45, 7) is 2.52. The summed E-state index contributed by atoms with van der Waals surface area (Å²) >= 11 is 0. The predicted octanol–water partition coefficient (Wildman–Crippen LogP) is 3.78. The van der Waals surface area contributed by atoms with Crippen molar-refractivity contribution in [3.8, 4) is 0 Å². The Morgan fingerprint density at radius 1 is 1.27 bits per heavy atom. The number of alkyl halides is 1. The number of aryl methyl sites for hydroxylation is 1. The second-order valence-electron chi connectivity index (χ2n) is 3.99. The summed E-state index contributed by atoms with van der Waals surface area (Å²) in [5.74, 6) is 0. The van der Waals surface area contributed by atoms with Gasteiger partial charge in [-0.1, -0.05) is 18.2 Å². The Bertz CT molecular complexity index is 431. The van der Waals surface area contributed by atoms with Crippen LogP contribution in [0.25, 0.3) is 10.9 Å². The lowest BCUT2D eigenvalue weighted by Crippen LogP contribution is -1.99. The SMILES string of the molecule is C[C@H](F)CCCn1ccc2ccccc21. The molecule has 2 aromatic rings. The first-order valence-corrected chi connectivity index (χ1v) is 5.45. The number of benzene rings is 1. The highest BCUT2D eigenvalue weighted by Crippen LogP contribution is 2.16. The number of fused-ring (bicyclic) bond motifs is 1. The smallest absolute Gasteiger partial charge is 0.0974 e. The van der Waals surface area contributed by atoms with E-state index in [-0.39, 0.29) is 0 Å². The zero-order valence-electron chi connectivity index (χ0n) is 8.99. The summed E-state index contributed by atoms with van der Waals surface area (Å²) in [7, 11) is 0. The van der Waals surface area contributed by atoms with Crippen molar-refractivity contribution in [2.24, 2.45) is 0 Å². The number of nitrogens with zero attached hydrogens (tertiary/aromatic N) is 1. The number of aromatic nitrogens is 1. The van der Waals surface area contributed by atoms with Gasteiger partial charge in [-0.3, -0.25) is 0 Å². The number of hydrogen-bond donors (Lipinski definition) is 0. The average molecular weight is 205 g/mol. The molecule has 0 spiro atoms. The molecule has 0 aliphatic carbocycles. The zero-order chi connectivity index (χ0) is 10.7. The van der Waals surface area contributed by atoms with Crippen molar-refractivity contribution in [2.75, 3.05) is 0 Å². The van der Waals surface area contributed by atoms with Crippen LogP contribution in [0.5, 0.6) is 0 Å². The van der Waals surface area contributed by atoms with Crippen LogP contribution in [0, 0.1) is 0 Å². The largest absolute Gasteiger partial charge is 0.347 e. The third kappa shape index (κ3) is 2.38. The maximum Gasteiger partial charge on any atom is 0.0974 e. The molecule has 1 nitrogen and oxygen atoms in total. The second kappa shape index (κ2) is 4.47. The third-order valence-electron chi connectivity index (χ3n) is 2.68. The van der Waals surface area contributed by atoms with Crippen molar-refractivity contribution >= 4 is 10.9 Å². The van der Waals surface area contributed by atoms with Crippen molar-refractivity contribution in [1.82, 2.24) is 4.57 Å². The van der Waals surface area contributed by atoms with Gasteiger partial charge in [0, 0.05) is 18.3 Å². The molecule has 15 heavy (non-hydrogen) atoms. The summed E-state index contributed by atoms with van der Waals surface area (Å²) in [5.41, 5.74) is 1.24. The van der Waals surface area contributed by atoms with Crippen molar-refractivity contribution < 1.29 is 4.39 Å². The van der Waals surface area contributed by atoms with E-state index in [1.807, 2.05) is 12.1 Å². The molecule has 80 valence electrons. The molecule has 2 heteroatoms. The normalized spacial score (nSPS) is 13.2. The van der Waals surface area contributed by atoms with E-state index in [9.17, 15) is 4.39 Å². The summed E-state index contributed by atoms with van der Waals surface area (Å²) in [5, 5.41) is 1.26. The summed E-state index contributed by atoms with van der Waals surface area (Å²) in [6, 6.07) is 10.4. The highest BCUT2D eigenvalue weighted by atomic mass is 19.1. The fourth-order valence-corrected chi connectivity index (χ4v) is 1.88. The van der Waals surface area contributed by atoms with E-state index in [0.29, 0.717) is 6.42 Å². The van der Waals surface area contributed by atoms with Crippen molar-refractivity contribution in [2.45, 2.75) is 32.5 Å². The minimum Gasteiger partial charge on any atom is -0.347 e. The van der Waals surface area contributed by atoms with Crippen LogP contribution in [0.15, 0.2) is 36.5 Å². The molecule has 0 bridgehead atoms. The molecule has 0 radical (unpaired) electrons. The quantitative estimate of drug-likeness (QED) is 0.715. The molecule has 1 atom stereocenters. The van der Waals surface area contributed by atoms with Crippen molar-refractivity contribution in [3.05, 3.63) is 36.5 Å².